The van der Waals surface area contributed by atoms with Crippen molar-refractivity contribution < 1.29 is 20.1 Å². The Hall–Kier alpha value is -0.610. The average molecular weight is 124 g/mol. The molecule has 0 saturated heterocycles. The molecule has 0 saturated carbocycles. The monoisotopic (exact) mass is 124 g/mol. The van der Waals surface area contributed by atoms with Gasteiger partial charge < -0.3 is 15.3 Å². The summed E-state index contributed by atoms with van der Waals surface area (Å²) in [7, 11) is 1.00. The Morgan fingerprint density at radius 1 is 1.62 bits per heavy atom. The summed E-state index contributed by atoms with van der Waals surface area (Å²) in [6.45, 7) is 2.66. The molecular formula is C4H12O4. The van der Waals surface area contributed by atoms with E-state index >= 15 is 0 Å². The molecule has 0 aromatic carbocycles. The second kappa shape index (κ2) is 32.5. The Bertz CT molecular complexity index is 29.2. The van der Waals surface area contributed by atoms with Crippen LogP contribution >= 0.6 is 0 Å². The lowest BCUT2D eigenvalue weighted by Crippen LogP contribution is -1.80. The van der Waals surface area contributed by atoms with Crippen molar-refractivity contribution in [3.05, 3.63) is 0 Å². The van der Waals surface area contributed by atoms with Gasteiger partial charge in [0.15, 0.2) is 0 Å². The molecule has 4 heteroatoms. The molecule has 4 nitrogen and oxygen atoms in total. The Kier molecular flexibility index (Phi) is 63.6. The van der Waals surface area contributed by atoms with Crippen molar-refractivity contribution in [1.29, 1.82) is 0 Å². The van der Waals surface area contributed by atoms with E-state index in [0.717, 1.165) is 7.11 Å². The van der Waals surface area contributed by atoms with Gasteiger partial charge in [-0.1, -0.05) is 0 Å². The normalized spacial score (nSPS) is 4.88. The predicted octanol–water partition coefficient (Wildman–Crippen LogP) is -1.04. The highest BCUT2D eigenvalue weighted by Crippen LogP contribution is 1.55. The van der Waals surface area contributed by atoms with Gasteiger partial charge in [-0.2, -0.15) is 0 Å². The molecule has 0 spiro atoms. The van der Waals surface area contributed by atoms with Gasteiger partial charge in [-0.05, 0) is 6.92 Å². The standard InChI is InChI=1S/C3H6O2.CH4O.H2O/c1-2-5-3-4;1-2;/h3H,2H2,1H3;2H,1H3;1H2. The van der Waals surface area contributed by atoms with E-state index in [0.29, 0.717) is 13.1 Å². The first-order valence-corrected chi connectivity index (χ1v) is 1.91. The van der Waals surface area contributed by atoms with Crippen molar-refractivity contribution in [2.24, 2.45) is 0 Å². The van der Waals surface area contributed by atoms with Gasteiger partial charge in [0.05, 0.1) is 6.61 Å². The fourth-order valence-electron chi connectivity index (χ4n) is 0.0680. The molecule has 0 unspecified atom stereocenters. The number of rotatable bonds is 2. The van der Waals surface area contributed by atoms with Gasteiger partial charge in [-0.3, -0.25) is 4.79 Å². The number of ether oxygens (including phenoxy) is 1. The summed E-state index contributed by atoms with van der Waals surface area (Å²) < 4.78 is 4.15. The van der Waals surface area contributed by atoms with Gasteiger partial charge in [-0.25, -0.2) is 0 Å². The van der Waals surface area contributed by atoms with Crippen LogP contribution in [0.3, 0.4) is 0 Å². The number of hydrogen-bond acceptors (Lipinski definition) is 3. The highest BCUT2D eigenvalue weighted by atomic mass is 16.5. The summed E-state index contributed by atoms with van der Waals surface area (Å²) >= 11 is 0. The van der Waals surface area contributed by atoms with E-state index in [1.807, 2.05) is 0 Å². The molecule has 0 atom stereocenters. The summed E-state index contributed by atoms with van der Waals surface area (Å²) in [5, 5.41) is 7.00. The van der Waals surface area contributed by atoms with Gasteiger partial charge in [0.2, 0.25) is 0 Å². The summed E-state index contributed by atoms with van der Waals surface area (Å²) in [6.07, 6.45) is 0. The summed E-state index contributed by atoms with van der Waals surface area (Å²) in [4.78, 5) is 9.18. The van der Waals surface area contributed by atoms with E-state index in [4.69, 9.17) is 5.11 Å². The molecule has 0 radical (unpaired) electrons. The van der Waals surface area contributed by atoms with Crippen LogP contribution in [0.4, 0.5) is 0 Å². The number of aliphatic hydroxyl groups excluding tert-OH is 1. The third-order valence-electron chi connectivity index (χ3n) is 0.235. The minimum Gasteiger partial charge on any atom is -0.468 e. The zero-order chi connectivity index (χ0) is 6.12. The summed E-state index contributed by atoms with van der Waals surface area (Å²) in [6, 6.07) is 0. The van der Waals surface area contributed by atoms with E-state index in [1.165, 1.54) is 0 Å². The second-order valence-electron chi connectivity index (χ2n) is 0.552. The molecule has 3 N–H and O–H groups in total. The fraction of sp³-hybridized carbons (Fsp3) is 0.750. The van der Waals surface area contributed by atoms with Crippen molar-refractivity contribution in [2.45, 2.75) is 6.92 Å². The molecular weight excluding hydrogens is 112 g/mol. The van der Waals surface area contributed by atoms with Gasteiger partial charge >= 0.3 is 0 Å². The van der Waals surface area contributed by atoms with Gasteiger partial charge in [-0.15, -0.1) is 0 Å². The first-order valence-electron chi connectivity index (χ1n) is 1.91. The largest absolute Gasteiger partial charge is 0.468 e. The van der Waals surface area contributed by atoms with Gasteiger partial charge in [0, 0.05) is 7.11 Å². The Morgan fingerprint density at radius 3 is 2.00 bits per heavy atom. The molecule has 0 amide bonds. The molecule has 0 aromatic heterocycles. The fourth-order valence-corrected chi connectivity index (χ4v) is 0.0680. The molecule has 52 valence electrons. The van der Waals surface area contributed by atoms with Gasteiger partial charge in [0.1, 0.15) is 0 Å². The maximum atomic E-state index is 9.18. The van der Waals surface area contributed by atoms with Crippen LogP contribution in [-0.4, -0.2) is 30.8 Å². The third kappa shape index (κ3) is 53.8. The van der Waals surface area contributed by atoms with Crippen molar-refractivity contribution in [2.75, 3.05) is 13.7 Å². The Labute approximate surface area is 48.4 Å². The SMILES string of the molecule is CCOC=O.CO.O. The van der Waals surface area contributed by atoms with Crippen LogP contribution in [0.2, 0.25) is 0 Å². The first-order chi connectivity index (χ1) is 3.41. The molecule has 0 aromatic rings. The van der Waals surface area contributed by atoms with Crippen LogP contribution in [-0.2, 0) is 9.53 Å². The van der Waals surface area contributed by atoms with Crippen LogP contribution in [0.15, 0.2) is 0 Å². The number of aliphatic hydroxyl groups is 1. The summed E-state index contributed by atoms with van der Waals surface area (Å²) in [5.41, 5.74) is 0. The molecule has 0 aliphatic rings. The van der Waals surface area contributed by atoms with E-state index in [-0.39, 0.29) is 5.48 Å². The van der Waals surface area contributed by atoms with E-state index in [2.05, 4.69) is 4.74 Å². The van der Waals surface area contributed by atoms with Crippen LogP contribution in [0.1, 0.15) is 6.92 Å². The minimum absolute atomic E-state index is 0. The van der Waals surface area contributed by atoms with Gasteiger partial charge in [0.25, 0.3) is 6.47 Å². The highest BCUT2D eigenvalue weighted by molar-refractivity contribution is 5.36. The first kappa shape index (κ1) is 15.7. The molecule has 0 heterocycles. The second-order valence-corrected chi connectivity index (χ2v) is 0.552. The van der Waals surface area contributed by atoms with Crippen molar-refractivity contribution in [1.82, 2.24) is 0 Å². The predicted molar refractivity (Wildman–Crippen MR) is 29.4 cm³/mol. The lowest BCUT2D eigenvalue weighted by atomic mass is 10.9. The van der Waals surface area contributed by atoms with Crippen molar-refractivity contribution >= 4 is 6.47 Å². The lowest BCUT2D eigenvalue weighted by Gasteiger charge is -1.79. The average Bonchev–Trinajstić information content (AvgIpc) is 1.75. The number of hydrogen-bond donors (Lipinski definition) is 1. The topological polar surface area (TPSA) is 78.0 Å². The zero-order valence-electron chi connectivity index (χ0n) is 5.05. The lowest BCUT2D eigenvalue weighted by molar-refractivity contribution is -0.128. The molecule has 0 fully saturated rings. The molecule has 0 rings (SSSR count). The van der Waals surface area contributed by atoms with Crippen LogP contribution in [0, 0.1) is 0 Å². The van der Waals surface area contributed by atoms with Crippen molar-refractivity contribution in [3.63, 3.8) is 0 Å². The smallest absolute Gasteiger partial charge is 0.293 e. The molecule has 8 heavy (non-hydrogen) atoms. The summed E-state index contributed by atoms with van der Waals surface area (Å²) in [5.74, 6) is 0. The molecule has 0 aliphatic carbocycles. The zero-order valence-corrected chi connectivity index (χ0v) is 5.05. The maximum absolute atomic E-state index is 9.18. The minimum atomic E-state index is 0. The van der Waals surface area contributed by atoms with E-state index in [1.54, 1.807) is 6.92 Å². The van der Waals surface area contributed by atoms with E-state index in [9.17, 15) is 4.79 Å². The quantitative estimate of drug-likeness (QED) is 0.478. The third-order valence-corrected chi connectivity index (χ3v) is 0.235. The van der Waals surface area contributed by atoms with Crippen LogP contribution < -0.4 is 0 Å². The van der Waals surface area contributed by atoms with Crippen molar-refractivity contribution in [3.8, 4) is 0 Å². The molecule has 0 aliphatic heterocycles. The van der Waals surface area contributed by atoms with Crippen LogP contribution in [0.25, 0.3) is 0 Å². The Balaban J connectivity index is -0.0000000750. The Morgan fingerprint density at radius 2 is 2.00 bits per heavy atom. The van der Waals surface area contributed by atoms with Crippen LogP contribution in [0.5, 0.6) is 0 Å². The number of carbonyl (C=O) groups is 1. The molecule has 0 bridgehead atoms. The number of carbonyl (C=O) groups excluding carboxylic acids is 1. The maximum Gasteiger partial charge on any atom is 0.293 e. The highest BCUT2D eigenvalue weighted by Gasteiger charge is 1.60. The van der Waals surface area contributed by atoms with E-state index < -0.39 is 0 Å².